The smallest absolute Gasteiger partial charge is 0.0540 e. The zero-order chi connectivity index (χ0) is 9.90. The SMILES string of the molecule is CCC(C)(C)C1CCCC(O)CC1. The van der Waals surface area contributed by atoms with Crippen LogP contribution in [-0.4, -0.2) is 11.2 Å². The molecule has 1 heteroatoms. The van der Waals surface area contributed by atoms with E-state index >= 15 is 0 Å². The Bertz CT molecular complexity index is 151. The summed E-state index contributed by atoms with van der Waals surface area (Å²) in [6.45, 7) is 7.02. The summed E-state index contributed by atoms with van der Waals surface area (Å²) in [4.78, 5) is 0. The van der Waals surface area contributed by atoms with E-state index in [-0.39, 0.29) is 6.10 Å². The largest absolute Gasteiger partial charge is 0.393 e. The van der Waals surface area contributed by atoms with Crippen molar-refractivity contribution in [1.82, 2.24) is 0 Å². The van der Waals surface area contributed by atoms with Gasteiger partial charge in [0.1, 0.15) is 0 Å². The van der Waals surface area contributed by atoms with Crippen molar-refractivity contribution in [3.05, 3.63) is 0 Å². The third-order valence-corrected chi connectivity index (χ3v) is 3.95. The van der Waals surface area contributed by atoms with Crippen molar-refractivity contribution in [1.29, 1.82) is 0 Å². The Morgan fingerprint density at radius 1 is 1.15 bits per heavy atom. The molecule has 1 N–H and O–H groups in total. The van der Waals surface area contributed by atoms with E-state index in [9.17, 15) is 5.11 Å². The minimum atomic E-state index is -0.0161. The Labute approximate surface area is 82.5 Å². The van der Waals surface area contributed by atoms with Gasteiger partial charge in [0.25, 0.3) is 0 Å². The molecular formula is C12H24O. The van der Waals surface area contributed by atoms with Gasteiger partial charge < -0.3 is 5.11 Å². The Morgan fingerprint density at radius 3 is 2.46 bits per heavy atom. The molecule has 1 saturated carbocycles. The molecule has 1 fully saturated rings. The van der Waals surface area contributed by atoms with Crippen LogP contribution in [0.5, 0.6) is 0 Å². The number of aliphatic hydroxyl groups is 1. The highest BCUT2D eigenvalue weighted by atomic mass is 16.3. The first-order chi connectivity index (χ1) is 6.06. The van der Waals surface area contributed by atoms with Gasteiger partial charge >= 0.3 is 0 Å². The van der Waals surface area contributed by atoms with E-state index in [0.29, 0.717) is 5.41 Å². The van der Waals surface area contributed by atoms with Crippen LogP contribution in [0.4, 0.5) is 0 Å². The van der Waals surface area contributed by atoms with Crippen LogP contribution in [0.15, 0.2) is 0 Å². The lowest BCUT2D eigenvalue weighted by Gasteiger charge is -2.32. The van der Waals surface area contributed by atoms with Crippen molar-refractivity contribution >= 4 is 0 Å². The molecule has 1 aliphatic carbocycles. The highest BCUT2D eigenvalue weighted by Crippen LogP contribution is 2.39. The summed E-state index contributed by atoms with van der Waals surface area (Å²) in [6.07, 6.45) is 7.05. The molecule has 2 unspecified atom stereocenters. The Hall–Kier alpha value is -0.0400. The summed E-state index contributed by atoms with van der Waals surface area (Å²) >= 11 is 0. The van der Waals surface area contributed by atoms with Crippen LogP contribution in [0.25, 0.3) is 0 Å². The van der Waals surface area contributed by atoms with Crippen molar-refractivity contribution in [2.45, 2.75) is 65.4 Å². The van der Waals surface area contributed by atoms with Crippen molar-refractivity contribution in [3.8, 4) is 0 Å². The molecule has 1 rings (SSSR count). The molecule has 0 aromatic rings. The van der Waals surface area contributed by atoms with Gasteiger partial charge in [-0.1, -0.05) is 33.6 Å². The molecule has 78 valence electrons. The topological polar surface area (TPSA) is 20.2 Å². The summed E-state index contributed by atoms with van der Waals surface area (Å²) < 4.78 is 0. The van der Waals surface area contributed by atoms with Crippen molar-refractivity contribution < 1.29 is 5.11 Å². The van der Waals surface area contributed by atoms with Crippen LogP contribution >= 0.6 is 0 Å². The monoisotopic (exact) mass is 184 g/mol. The number of hydrogen-bond acceptors (Lipinski definition) is 1. The summed E-state index contributed by atoms with van der Waals surface area (Å²) in [7, 11) is 0. The molecule has 0 aromatic carbocycles. The van der Waals surface area contributed by atoms with Crippen molar-refractivity contribution in [2.75, 3.05) is 0 Å². The quantitative estimate of drug-likeness (QED) is 0.652. The second-order valence-corrected chi connectivity index (χ2v) is 5.20. The predicted molar refractivity (Wildman–Crippen MR) is 56.7 cm³/mol. The summed E-state index contributed by atoms with van der Waals surface area (Å²) in [5, 5.41) is 9.55. The Kier molecular flexibility index (Phi) is 3.78. The Balaban J connectivity index is 2.50. The lowest BCUT2D eigenvalue weighted by atomic mass is 9.73. The molecule has 13 heavy (non-hydrogen) atoms. The van der Waals surface area contributed by atoms with E-state index in [2.05, 4.69) is 20.8 Å². The standard InChI is InChI=1S/C12H24O/c1-4-12(2,3)10-6-5-7-11(13)9-8-10/h10-11,13H,4-9H2,1-3H3. The molecule has 2 atom stereocenters. The number of rotatable bonds is 2. The van der Waals surface area contributed by atoms with Crippen LogP contribution in [0.3, 0.4) is 0 Å². The molecule has 0 amide bonds. The summed E-state index contributed by atoms with van der Waals surface area (Å²) in [5.41, 5.74) is 0.476. The maximum atomic E-state index is 9.55. The van der Waals surface area contributed by atoms with Gasteiger partial charge in [0.2, 0.25) is 0 Å². The first kappa shape index (κ1) is 11.0. The molecule has 0 heterocycles. The fourth-order valence-corrected chi connectivity index (χ4v) is 2.35. The molecule has 0 saturated heterocycles. The number of hydrogen-bond donors (Lipinski definition) is 1. The maximum Gasteiger partial charge on any atom is 0.0540 e. The minimum Gasteiger partial charge on any atom is -0.393 e. The van der Waals surface area contributed by atoms with E-state index in [1.54, 1.807) is 0 Å². The first-order valence-electron chi connectivity index (χ1n) is 5.74. The van der Waals surface area contributed by atoms with Crippen molar-refractivity contribution in [3.63, 3.8) is 0 Å². The lowest BCUT2D eigenvalue weighted by molar-refractivity contribution is 0.143. The molecule has 0 bridgehead atoms. The molecule has 0 radical (unpaired) electrons. The summed E-state index contributed by atoms with van der Waals surface area (Å²) in [6, 6.07) is 0. The van der Waals surface area contributed by atoms with E-state index in [4.69, 9.17) is 0 Å². The van der Waals surface area contributed by atoms with E-state index < -0.39 is 0 Å². The third-order valence-electron chi connectivity index (χ3n) is 3.95. The zero-order valence-corrected chi connectivity index (χ0v) is 9.34. The molecule has 0 spiro atoms. The molecule has 0 aliphatic heterocycles. The fourth-order valence-electron chi connectivity index (χ4n) is 2.35. The van der Waals surface area contributed by atoms with Crippen LogP contribution in [0, 0.1) is 11.3 Å². The van der Waals surface area contributed by atoms with Crippen LogP contribution in [-0.2, 0) is 0 Å². The van der Waals surface area contributed by atoms with E-state index in [1.807, 2.05) is 0 Å². The molecule has 1 aliphatic rings. The van der Waals surface area contributed by atoms with Crippen molar-refractivity contribution in [2.24, 2.45) is 11.3 Å². The molecule has 0 aromatic heterocycles. The third kappa shape index (κ3) is 2.98. The highest BCUT2D eigenvalue weighted by Gasteiger charge is 2.29. The fraction of sp³-hybridized carbons (Fsp3) is 1.00. The second-order valence-electron chi connectivity index (χ2n) is 5.20. The van der Waals surface area contributed by atoms with Crippen LogP contribution < -0.4 is 0 Å². The molecular weight excluding hydrogens is 160 g/mol. The van der Waals surface area contributed by atoms with E-state index in [0.717, 1.165) is 18.8 Å². The first-order valence-corrected chi connectivity index (χ1v) is 5.74. The Morgan fingerprint density at radius 2 is 1.85 bits per heavy atom. The average molecular weight is 184 g/mol. The zero-order valence-electron chi connectivity index (χ0n) is 9.34. The average Bonchev–Trinajstić information content (AvgIpc) is 2.30. The second kappa shape index (κ2) is 4.45. The highest BCUT2D eigenvalue weighted by molar-refractivity contribution is 4.80. The molecule has 1 nitrogen and oxygen atoms in total. The predicted octanol–water partition coefficient (Wildman–Crippen LogP) is 3.36. The maximum absolute atomic E-state index is 9.55. The van der Waals surface area contributed by atoms with Gasteiger partial charge in [0, 0.05) is 0 Å². The normalized spacial score (nSPS) is 31.4. The van der Waals surface area contributed by atoms with E-state index in [1.165, 1.54) is 25.7 Å². The van der Waals surface area contributed by atoms with Gasteiger partial charge in [-0.3, -0.25) is 0 Å². The number of aliphatic hydroxyl groups excluding tert-OH is 1. The van der Waals surface area contributed by atoms with Gasteiger partial charge in [-0.25, -0.2) is 0 Å². The minimum absolute atomic E-state index is 0.0161. The lowest BCUT2D eigenvalue weighted by Crippen LogP contribution is -2.22. The van der Waals surface area contributed by atoms with Crippen LogP contribution in [0.2, 0.25) is 0 Å². The van der Waals surface area contributed by atoms with Gasteiger partial charge in [0.15, 0.2) is 0 Å². The van der Waals surface area contributed by atoms with Gasteiger partial charge in [-0.05, 0) is 37.0 Å². The summed E-state index contributed by atoms with van der Waals surface area (Å²) in [5.74, 6) is 0.828. The van der Waals surface area contributed by atoms with Gasteiger partial charge in [0.05, 0.1) is 6.10 Å². The van der Waals surface area contributed by atoms with Gasteiger partial charge in [-0.2, -0.15) is 0 Å². The van der Waals surface area contributed by atoms with Crippen LogP contribution in [0.1, 0.15) is 59.3 Å². The van der Waals surface area contributed by atoms with Gasteiger partial charge in [-0.15, -0.1) is 0 Å².